The summed E-state index contributed by atoms with van der Waals surface area (Å²) in [6, 6.07) is 5.70. The fourth-order valence-electron chi connectivity index (χ4n) is 2.15. The molecule has 1 aromatic rings. The number of nitrogens with zero attached hydrogens (tertiary/aromatic N) is 2. The van der Waals surface area contributed by atoms with Gasteiger partial charge in [-0.15, -0.1) is 0 Å². The van der Waals surface area contributed by atoms with Gasteiger partial charge in [0, 0.05) is 19.6 Å². The minimum atomic E-state index is -0.424. The predicted molar refractivity (Wildman–Crippen MR) is 62.9 cm³/mol. The van der Waals surface area contributed by atoms with E-state index >= 15 is 0 Å². The molecule has 5 heteroatoms. The number of primary amides is 1. The lowest BCUT2D eigenvalue weighted by Gasteiger charge is -2.39. The van der Waals surface area contributed by atoms with E-state index in [1.54, 1.807) is 17.0 Å². The Morgan fingerprint density at radius 2 is 2.00 bits per heavy atom. The number of carbonyl (C=O) groups excluding carboxylic acids is 1. The number of hydrogen-bond acceptors (Lipinski definition) is 2. The average Bonchev–Trinajstić information content (AvgIpc) is 2.29. The zero-order chi connectivity index (χ0) is 12.4. The van der Waals surface area contributed by atoms with Gasteiger partial charge >= 0.3 is 6.03 Å². The molecule has 1 atom stereocenters. The minimum absolute atomic E-state index is 0.0909. The third-order valence-electron chi connectivity index (χ3n) is 3.12. The molecule has 2 amide bonds. The molecule has 92 valence electrons. The molecule has 1 unspecified atom stereocenters. The van der Waals surface area contributed by atoms with Crippen molar-refractivity contribution in [2.24, 2.45) is 5.73 Å². The van der Waals surface area contributed by atoms with Crippen LogP contribution in [0.4, 0.5) is 9.18 Å². The van der Waals surface area contributed by atoms with Gasteiger partial charge in [-0.05, 0) is 24.7 Å². The smallest absolute Gasteiger partial charge is 0.315 e. The second-order valence-corrected chi connectivity index (χ2v) is 4.36. The summed E-state index contributed by atoms with van der Waals surface area (Å²) in [6.45, 7) is 2.13. The number of piperazine rings is 1. The number of nitrogens with two attached hydrogens (primary N) is 1. The van der Waals surface area contributed by atoms with E-state index in [4.69, 9.17) is 5.73 Å². The van der Waals surface area contributed by atoms with Crippen molar-refractivity contribution < 1.29 is 9.18 Å². The van der Waals surface area contributed by atoms with Crippen LogP contribution in [-0.2, 0) is 0 Å². The largest absolute Gasteiger partial charge is 0.351 e. The molecule has 1 saturated heterocycles. The highest BCUT2D eigenvalue weighted by Gasteiger charge is 2.28. The first kappa shape index (κ1) is 11.9. The number of hydrogen-bond donors (Lipinski definition) is 1. The number of benzene rings is 1. The summed E-state index contributed by atoms with van der Waals surface area (Å²) in [5.41, 5.74) is 6.28. The van der Waals surface area contributed by atoms with Crippen molar-refractivity contribution in [2.75, 3.05) is 26.7 Å². The number of rotatable bonds is 1. The molecule has 1 heterocycles. The third kappa shape index (κ3) is 2.55. The van der Waals surface area contributed by atoms with Gasteiger partial charge in [-0.3, -0.25) is 0 Å². The molecule has 1 aromatic carbocycles. The van der Waals surface area contributed by atoms with Crippen LogP contribution in [0.2, 0.25) is 0 Å². The summed E-state index contributed by atoms with van der Waals surface area (Å²) in [5.74, 6) is -0.275. The predicted octanol–water partition coefficient (Wildman–Crippen LogP) is 1.19. The number of amides is 2. The van der Waals surface area contributed by atoms with E-state index in [2.05, 4.69) is 4.90 Å². The van der Waals surface area contributed by atoms with E-state index in [0.717, 1.165) is 12.1 Å². The second-order valence-electron chi connectivity index (χ2n) is 4.36. The SMILES string of the molecule is CN1CCN(C(N)=O)C(c2ccc(F)cc2)C1. The maximum Gasteiger partial charge on any atom is 0.315 e. The van der Waals surface area contributed by atoms with Crippen molar-refractivity contribution in [3.8, 4) is 0 Å². The van der Waals surface area contributed by atoms with Crippen LogP contribution in [-0.4, -0.2) is 42.5 Å². The molecular weight excluding hydrogens is 221 g/mol. The highest BCUT2D eigenvalue weighted by Crippen LogP contribution is 2.24. The summed E-state index contributed by atoms with van der Waals surface area (Å²) in [5, 5.41) is 0. The van der Waals surface area contributed by atoms with E-state index in [0.29, 0.717) is 13.1 Å². The first-order valence-corrected chi connectivity index (χ1v) is 5.58. The molecular formula is C12H16FN3O. The lowest BCUT2D eigenvalue weighted by atomic mass is 10.0. The summed E-state index contributed by atoms with van der Waals surface area (Å²) >= 11 is 0. The third-order valence-corrected chi connectivity index (χ3v) is 3.12. The standard InChI is InChI=1S/C12H16FN3O/c1-15-6-7-16(12(14)17)11(8-15)9-2-4-10(13)5-3-9/h2-5,11H,6-8H2,1H3,(H2,14,17). The Hall–Kier alpha value is -1.62. The Kier molecular flexibility index (Phi) is 3.28. The second kappa shape index (κ2) is 4.71. The van der Waals surface area contributed by atoms with Crippen LogP contribution in [0.3, 0.4) is 0 Å². The Morgan fingerprint density at radius 3 is 2.59 bits per heavy atom. The van der Waals surface area contributed by atoms with Crippen molar-refractivity contribution in [1.82, 2.24) is 9.80 Å². The van der Waals surface area contributed by atoms with Crippen molar-refractivity contribution in [1.29, 1.82) is 0 Å². The molecule has 0 aliphatic carbocycles. The van der Waals surface area contributed by atoms with E-state index in [1.165, 1.54) is 12.1 Å². The molecule has 4 nitrogen and oxygen atoms in total. The van der Waals surface area contributed by atoms with Crippen LogP contribution in [0.1, 0.15) is 11.6 Å². The van der Waals surface area contributed by atoms with Crippen LogP contribution < -0.4 is 5.73 Å². The first-order chi connectivity index (χ1) is 8.08. The lowest BCUT2D eigenvalue weighted by molar-refractivity contribution is 0.114. The normalized spacial score (nSPS) is 21.5. The van der Waals surface area contributed by atoms with E-state index in [9.17, 15) is 9.18 Å². The summed E-state index contributed by atoms with van der Waals surface area (Å²) in [6.07, 6.45) is 0. The molecule has 2 N–H and O–H groups in total. The van der Waals surface area contributed by atoms with Crippen LogP contribution in [0.5, 0.6) is 0 Å². The molecule has 0 radical (unpaired) electrons. The van der Waals surface area contributed by atoms with Gasteiger partial charge in [0.05, 0.1) is 6.04 Å². The molecule has 1 fully saturated rings. The first-order valence-electron chi connectivity index (χ1n) is 5.58. The molecule has 1 aliphatic heterocycles. The Labute approximate surface area is 99.8 Å². The molecule has 0 spiro atoms. The van der Waals surface area contributed by atoms with E-state index in [-0.39, 0.29) is 11.9 Å². The summed E-state index contributed by atoms with van der Waals surface area (Å²) < 4.78 is 12.9. The molecule has 2 rings (SSSR count). The Morgan fingerprint density at radius 1 is 1.35 bits per heavy atom. The fourth-order valence-corrected chi connectivity index (χ4v) is 2.15. The molecule has 1 aliphatic rings. The lowest BCUT2D eigenvalue weighted by Crippen LogP contribution is -2.51. The van der Waals surface area contributed by atoms with Crippen molar-refractivity contribution >= 4 is 6.03 Å². The van der Waals surface area contributed by atoms with Gasteiger partial charge in [-0.1, -0.05) is 12.1 Å². The van der Waals surface area contributed by atoms with Crippen LogP contribution >= 0.6 is 0 Å². The Balaban J connectivity index is 2.25. The maximum absolute atomic E-state index is 12.9. The van der Waals surface area contributed by atoms with E-state index < -0.39 is 6.03 Å². The quantitative estimate of drug-likeness (QED) is 0.797. The fraction of sp³-hybridized carbons (Fsp3) is 0.417. The van der Waals surface area contributed by atoms with Crippen molar-refractivity contribution in [3.05, 3.63) is 35.6 Å². The highest BCUT2D eigenvalue weighted by atomic mass is 19.1. The average molecular weight is 237 g/mol. The topological polar surface area (TPSA) is 49.6 Å². The zero-order valence-electron chi connectivity index (χ0n) is 9.77. The molecule has 0 saturated carbocycles. The van der Waals surface area contributed by atoms with Crippen molar-refractivity contribution in [3.63, 3.8) is 0 Å². The van der Waals surface area contributed by atoms with Gasteiger partial charge in [-0.25, -0.2) is 9.18 Å². The van der Waals surface area contributed by atoms with Gasteiger partial charge in [-0.2, -0.15) is 0 Å². The van der Waals surface area contributed by atoms with Gasteiger partial charge in [0.1, 0.15) is 5.82 Å². The minimum Gasteiger partial charge on any atom is -0.351 e. The molecule has 0 bridgehead atoms. The zero-order valence-corrected chi connectivity index (χ0v) is 9.77. The highest BCUT2D eigenvalue weighted by molar-refractivity contribution is 5.72. The number of halogens is 1. The van der Waals surface area contributed by atoms with Gasteiger partial charge in [0.15, 0.2) is 0 Å². The summed E-state index contributed by atoms with van der Waals surface area (Å²) in [4.78, 5) is 15.1. The van der Waals surface area contributed by atoms with Crippen LogP contribution in [0.15, 0.2) is 24.3 Å². The monoisotopic (exact) mass is 237 g/mol. The maximum atomic E-state index is 12.9. The molecule has 0 aromatic heterocycles. The number of urea groups is 1. The van der Waals surface area contributed by atoms with Crippen LogP contribution in [0, 0.1) is 5.82 Å². The van der Waals surface area contributed by atoms with Crippen LogP contribution in [0.25, 0.3) is 0 Å². The number of carbonyl (C=O) groups is 1. The van der Waals surface area contributed by atoms with Gasteiger partial charge in [0.25, 0.3) is 0 Å². The van der Waals surface area contributed by atoms with Gasteiger partial charge in [0.2, 0.25) is 0 Å². The Bertz CT molecular complexity index is 407. The number of likely N-dealkylation sites (N-methyl/N-ethyl adjacent to an activating group) is 1. The van der Waals surface area contributed by atoms with E-state index in [1.807, 2.05) is 7.05 Å². The van der Waals surface area contributed by atoms with Gasteiger partial charge < -0.3 is 15.5 Å². The molecule has 17 heavy (non-hydrogen) atoms. The summed E-state index contributed by atoms with van der Waals surface area (Å²) in [7, 11) is 1.99. The van der Waals surface area contributed by atoms with Crippen molar-refractivity contribution in [2.45, 2.75) is 6.04 Å².